The van der Waals surface area contributed by atoms with Crippen molar-refractivity contribution < 1.29 is 8.42 Å². The molecule has 0 aliphatic heterocycles. The summed E-state index contributed by atoms with van der Waals surface area (Å²) in [6, 6.07) is 5.53. The second-order valence-corrected chi connectivity index (χ2v) is 7.15. The Balaban J connectivity index is 2.13. The lowest BCUT2D eigenvalue weighted by molar-refractivity contribution is 0.600. The monoisotopic (exact) mass is 318 g/mol. The number of rotatable bonds is 3. The molecule has 2 heterocycles. The van der Waals surface area contributed by atoms with Crippen LogP contribution in [0.15, 0.2) is 34.2 Å². The molecule has 0 unspecified atom stereocenters. The van der Waals surface area contributed by atoms with Crippen molar-refractivity contribution in [2.75, 3.05) is 4.72 Å². The summed E-state index contributed by atoms with van der Waals surface area (Å²) in [6.45, 7) is 1.87. The summed E-state index contributed by atoms with van der Waals surface area (Å²) in [5.74, 6) is 0. The van der Waals surface area contributed by atoms with Crippen LogP contribution in [0, 0.1) is 18.3 Å². The zero-order valence-electron chi connectivity index (χ0n) is 10.9. The summed E-state index contributed by atoms with van der Waals surface area (Å²) in [4.78, 5) is 6.76. The molecule has 0 saturated carbocycles. The van der Waals surface area contributed by atoms with Crippen LogP contribution in [-0.2, 0) is 10.0 Å². The van der Waals surface area contributed by atoms with Gasteiger partial charge >= 0.3 is 0 Å². The summed E-state index contributed by atoms with van der Waals surface area (Å²) >= 11 is 1.04. The van der Waals surface area contributed by atoms with Crippen molar-refractivity contribution in [2.45, 2.75) is 11.3 Å². The zero-order chi connectivity index (χ0) is 15.0. The Kier molecular flexibility index (Phi) is 3.16. The second kappa shape index (κ2) is 4.87. The van der Waals surface area contributed by atoms with Gasteiger partial charge in [0.25, 0.3) is 10.0 Å². The third-order valence-corrected chi connectivity index (χ3v) is 5.61. The van der Waals surface area contributed by atoms with Gasteiger partial charge in [-0.3, -0.25) is 4.72 Å². The molecule has 2 N–H and O–H groups in total. The number of H-pyrrole nitrogens is 1. The first kappa shape index (κ1) is 13.6. The van der Waals surface area contributed by atoms with Crippen LogP contribution in [0.3, 0.4) is 0 Å². The minimum atomic E-state index is -3.72. The van der Waals surface area contributed by atoms with Crippen molar-refractivity contribution in [1.82, 2.24) is 9.97 Å². The maximum absolute atomic E-state index is 12.2. The van der Waals surface area contributed by atoms with Gasteiger partial charge in [0.2, 0.25) is 4.34 Å². The number of aryl methyl sites for hydroxylation is 1. The smallest absolute Gasteiger partial charge is 0.289 e. The fourth-order valence-electron chi connectivity index (χ4n) is 2.13. The first-order valence-electron chi connectivity index (χ1n) is 5.96. The highest BCUT2D eigenvalue weighted by Gasteiger charge is 2.19. The van der Waals surface area contributed by atoms with Gasteiger partial charge in [-0.05, 0) is 18.6 Å². The van der Waals surface area contributed by atoms with E-state index >= 15 is 0 Å². The molecule has 1 aromatic carbocycles. The first-order chi connectivity index (χ1) is 10.0. The molecular formula is C13H10N4O2S2. The quantitative estimate of drug-likeness (QED) is 0.775. The number of benzene rings is 1. The first-order valence-corrected chi connectivity index (χ1v) is 8.32. The van der Waals surface area contributed by atoms with E-state index in [0.29, 0.717) is 16.8 Å². The van der Waals surface area contributed by atoms with Crippen molar-refractivity contribution in [2.24, 2.45) is 0 Å². The van der Waals surface area contributed by atoms with Crippen LogP contribution in [0.25, 0.3) is 10.9 Å². The molecule has 6 nitrogen and oxygen atoms in total. The molecule has 3 rings (SSSR count). The molecule has 0 saturated heterocycles. The normalized spacial score (nSPS) is 11.4. The van der Waals surface area contributed by atoms with Gasteiger partial charge < -0.3 is 4.98 Å². The van der Waals surface area contributed by atoms with Gasteiger partial charge in [0.1, 0.15) is 6.07 Å². The molecule has 0 aliphatic carbocycles. The molecule has 106 valence electrons. The maximum atomic E-state index is 12.2. The van der Waals surface area contributed by atoms with Crippen LogP contribution >= 0.6 is 11.3 Å². The number of nitriles is 1. The predicted octanol–water partition coefficient (Wildman–Crippen LogP) is 2.61. The summed E-state index contributed by atoms with van der Waals surface area (Å²) < 4.78 is 27.0. The van der Waals surface area contributed by atoms with E-state index in [1.165, 1.54) is 6.20 Å². The van der Waals surface area contributed by atoms with E-state index in [1.54, 1.807) is 23.7 Å². The van der Waals surface area contributed by atoms with E-state index in [2.05, 4.69) is 20.8 Å². The highest BCUT2D eigenvalue weighted by atomic mass is 32.2. The van der Waals surface area contributed by atoms with Crippen molar-refractivity contribution in [3.05, 3.63) is 41.0 Å². The van der Waals surface area contributed by atoms with Crippen molar-refractivity contribution in [3.63, 3.8) is 0 Å². The van der Waals surface area contributed by atoms with Crippen LogP contribution in [0.2, 0.25) is 0 Å². The molecule has 3 aromatic rings. The van der Waals surface area contributed by atoms with Gasteiger partial charge in [-0.25, -0.2) is 4.98 Å². The molecule has 0 aliphatic rings. The fraction of sp³-hybridized carbons (Fsp3) is 0.0769. The molecular weight excluding hydrogens is 308 g/mol. The molecule has 0 atom stereocenters. The van der Waals surface area contributed by atoms with E-state index < -0.39 is 10.0 Å². The van der Waals surface area contributed by atoms with E-state index in [0.717, 1.165) is 22.3 Å². The Hall–Kier alpha value is -2.37. The molecule has 21 heavy (non-hydrogen) atoms. The van der Waals surface area contributed by atoms with E-state index in [9.17, 15) is 8.42 Å². The lowest BCUT2D eigenvalue weighted by atomic mass is 10.1. The number of nitrogens with one attached hydrogen (secondary N) is 2. The Morgan fingerprint density at radius 1 is 1.43 bits per heavy atom. The lowest BCUT2D eigenvalue weighted by Crippen LogP contribution is -2.13. The van der Waals surface area contributed by atoms with Crippen molar-refractivity contribution >= 4 is 38.0 Å². The summed E-state index contributed by atoms with van der Waals surface area (Å²) in [5, 5.41) is 11.4. The van der Waals surface area contributed by atoms with Crippen molar-refractivity contribution in [1.29, 1.82) is 5.26 Å². The van der Waals surface area contributed by atoms with Gasteiger partial charge in [0.05, 0.1) is 16.8 Å². The molecule has 0 spiro atoms. The Morgan fingerprint density at radius 2 is 2.24 bits per heavy atom. The highest BCUT2D eigenvalue weighted by molar-refractivity contribution is 7.94. The zero-order valence-corrected chi connectivity index (χ0v) is 12.5. The number of aromatic nitrogens is 2. The number of sulfonamides is 1. The van der Waals surface area contributed by atoms with Crippen LogP contribution in [0.1, 0.15) is 11.1 Å². The number of hydrogen-bond acceptors (Lipinski definition) is 5. The fourth-order valence-corrected chi connectivity index (χ4v) is 4.03. The number of anilines is 1. The number of fused-ring (bicyclic) bond motifs is 1. The number of hydrogen-bond donors (Lipinski definition) is 2. The van der Waals surface area contributed by atoms with E-state index in [-0.39, 0.29) is 4.34 Å². The average Bonchev–Trinajstić information content (AvgIpc) is 3.10. The second-order valence-electron chi connectivity index (χ2n) is 4.40. The Morgan fingerprint density at radius 3 is 2.90 bits per heavy atom. The van der Waals surface area contributed by atoms with Gasteiger partial charge in [-0.2, -0.15) is 13.7 Å². The molecule has 0 radical (unpaired) electrons. The third-order valence-electron chi connectivity index (χ3n) is 3.05. The SMILES string of the molecule is Cc1ccc(NS(=O)(=O)c2nccs2)c2[nH]cc(C#N)c12. The van der Waals surface area contributed by atoms with Crippen molar-refractivity contribution in [3.8, 4) is 6.07 Å². The van der Waals surface area contributed by atoms with Gasteiger partial charge in [-0.15, -0.1) is 11.3 Å². The Bertz CT molecular complexity index is 950. The minimum Gasteiger partial charge on any atom is -0.358 e. The number of thiazole rings is 1. The maximum Gasteiger partial charge on any atom is 0.289 e. The molecule has 0 amide bonds. The lowest BCUT2D eigenvalue weighted by Gasteiger charge is -2.08. The number of nitrogens with zero attached hydrogens (tertiary/aromatic N) is 2. The highest BCUT2D eigenvalue weighted by Crippen LogP contribution is 2.30. The Labute approximate surface area is 125 Å². The largest absolute Gasteiger partial charge is 0.358 e. The van der Waals surface area contributed by atoms with E-state index in [1.807, 2.05) is 6.92 Å². The summed E-state index contributed by atoms with van der Waals surface area (Å²) in [5.41, 5.74) is 2.37. The van der Waals surface area contributed by atoms with Crippen LogP contribution in [0.4, 0.5) is 5.69 Å². The third kappa shape index (κ3) is 2.26. The predicted molar refractivity (Wildman–Crippen MR) is 80.7 cm³/mol. The summed E-state index contributed by atoms with van der Waals surface area (Å²) in [7, 11) is -3.72. The standard InChI is InChI=1S/C13H10N4O2S2/c1-8-2-3-10(12-11(8)9(6-14)7-16-12)17-21(18,19)13-15-4-5-20-13/h2-5,7,16-17H,1H3. The van der Waals surface area contributed by atoms with Gasteiger partial charge in [0, 0.05) is 23.2 Å². The average molecular weight is 318 g/mol. The van der Waals surface area contributed by atoms with Crippen LogP contribution in [-0.4, -0.2) is 18.4 Å². The number of aromatic amines is 1. The topological polar surface area (TPSA) is 98.6 Å². The van der Waals surface area contributed by atoms with Gasteiger partial charge in [-0.1, -0.05) is 6.07 Å². The molecule has 8 heteroatoms. The van der Waals surface area contributed by atoms with Crippen LogP contribution in [0.5, 0.6) is 0 Å². The summed E-state index contributed by atoms with van der Waals surface area (Å²) in [6.07, 6.45) is 3.01. The molecule has 0 fully saturated rings. The van der Waals surface area contributed by atoms with E-state index in [4.69, 9.17) is 5.26 Å². The molecule has 0 bridgehead atoms. The van der Waals surface area contributed by atoms with Gasteiger partial charge in [0.15, 0.2) is 0 Å². The minimum absolute atomic E-state index is 0.00304. The van der Waals surface area contributed by atoms with Crippen LogP contribution < -0.4 is 4.72 Å². The molecule has 2 aromatic heterocycles.